The van der Waals surface area contributed by atoms with Crippen LogP contribution in [-0.2, 0) is 28.5 Å². The molecule has 0 aromatic heterocycles. The Morgan fingerprint density at radius 2 is 1.85 bits per heavy atom. The Balaban J connectivity index is 1.75. The molecule has 2 saturated heterocycles. The van der Waals surface area contributed by atoms with Gasteiger partial charge in [0.05, 0.1) is 36.4 Å². The summed E-state index contributed by atoms with van der Waals surface area (Å²) in [5, 5.41) is 32.0. The molecule has 2 fully saturated rings. The Morgan fingerprint density at radius 3 is 2.48 bits per heavy atom. The summed E-state index contributed by atoms with van der Waals surface area (Å²) in [7, 11) is 1.99. The van der Waals surface area contributed by atoms with E-state index in [1.165, 1.54) is 6.92 Å². The average Bonchev–Trinajstić information content (AvgIpc) is 3.77. The Bertz CT molecular complexity index is 1140. The minimum absolute atomic E-state index is 0.00837. The Kier molecular flexibility index (Phi) is 14.5. The molecule has 3 aliphatic heterocycles. The molecule has 0 bridgehead atoms. The van der Waals surface area contributed by atoms with E-state index < -0.39 is 53.6 Å². The summed E-state index contributed by atoms with van der Waals surface area (Å²) in [6, 6.07) is 0. The highest BCUT2D eigenvalue weighted by atomic mass is 16.6. The highest BCUT2D eigenvalue weighted by Crippen LogP contribution is 2.38. The lowest BCUT2D eigenvalue weighted by Gasteiger charge is -2.39. The van der Waals surface area contributed by atoms with Gasteiger partial charge >= 0.3 is 18.0 Å². The van der Waals surface area contributed by atoms with E-state index in [4.69, 9.17) is 18.9 Å². The number of piperazine rings is 1. The maximum Gasteiger partial charge on any atom is 0.410 e. The van der Waals surface area contributed by atoms with E-state index in [9.17, 15) is 29.7 Å². The summed E-state index contributed by atoms with van der Waals surface area (Å²) in [6.45, 7) is 14.9. The molecule has 0 aliphatic carbocycles. The normalized spacial score (nSPS) is 34.5. The molecule has 0 aromatic rings. The number of amides is 1. The minimum atomic E-state index is -1.31. The van der Waals surface area contributed by atoms with Gasteiger partial charge < -0.3 is 44.1 Å². The molecule has 48 heavy (non-hydrogen) atoms. The van der Waals surface area contributed by atoms with E-state index in [2.05, 4.69) is 4.90 Å². The Hall–Kier alpha value is -2.51. The monoisotopic (exact) mass is 680 g/mol. The van der Waals surface area contributed by atoms with Gasteiger partial charge in [0.15, 0.2) is 11.7 Å². The van der Waals surface area contributed by atoms with Crippen LogP contribution < -0.4 is 0 Å². The lowest BCUT2D eigenvalue weighted by atomic mass is 9.86. The number of hydrogen-bond acceptors (Lipinski definition) is 11. The summed E-state index contributed by atoms with van der Waals surface area (Å²) in [6.07, 6.45) is 4.90. The quantitative estimate of drug-likeness (QED) is 0.127. The van der Waals surface area contributed by atoms with Crippen molar-refractivity contribution >= 4 is 18.0 Å². The van der Waals surface area contributed by atoms with Crippen LogP contribution in [0.15, 0.2) is 24.3 Å². The number of cyclic esters (lactones) is 1. The fourth-order valence-corrected chi connectivity index (χ4v) is 6.65. The summed E-state index contributed by atoms with van der Waals surface area (Å²) in [5.41, 5.74) is -2.43. The van der Waals surface area contributed by atoms with Gasteiger partial charge in [0.25, 0.3) is 0 Å². The SMILES string of the molecule is CC[C@H](O)[C@@H](C)[C@H]1O[C@@H]1CC(C)(O)/C=C/CC(C)[C@H]1OC(=O)C[C@H](O)CC[C@@](C)(OC(=O)N2CCN(C)CC2)[C@@H](OC(C)=O)/C=C/[C@@H]1C. The molecule has 2 unspecified atom stereocenters. The first-order valence-corrected chi connectivity index (χ1v) is 17.6. The van der Waals surface area contributed by atoms with Gasteiger partial charge in [0.1, 0.15) is 6.10 Å². The van der Waals surface area contributed by atoms with E-state index in [-0.39, 0.29) is 49.2 Å². The minimum Gasteiger partial charge on any atom is -0.461 e. The number of ether oxygens (including phenoxy) is 4. The van der Waals surface area contributed by atoms with E-state index in [0.717, 1.165) is 0 Å². The molecule has 0 saturated carbocycles. The molecule has 3 N–H and O–H groups in total. The second-order valence-corrected chi connectivity index (χ2v) is 14.7. The molecule has 3 heterocycles. The van der Waals surface area contributed by atoms with Crippen molar-refractivity contribution in [1.29, 1.82) is 0 Å². The fourth-order valence-electron chi connectivity index (χ4n) is 6.65. The highest BCUT2D eigenvalue weighted by Gasteiger charge is 2.47. The second kappa shape index (κ2) is 17.4. The van der Waals surface area contributed by atoms with Crippen molar-refractivity contribution in [3.05, 3.63) is 24.3 Å². The summed E-state index contributed by atoms with van der Waals surface area (Å²) in [4.78, 5) is 42.3. The largest absolute Gasteiger partial charge is 0.461 e. The van der Waals surface area contributed by atoms with Crippen molar-refractivity contribution in [3.8, 4) is 0 Å². The van der Waals surface area contributed by atoms with E-state index in [1.54, 1.807) is 30.9 Å². The molecule has 3 aliphatic rings. The molecule has 11 atom stereocenters. The average molecular weight is 681 g/mol. The summed E-state index contributed by atoms with van der Waals surface area (Å²) >= 11 is 0. The maximum atomic E-state index is 13.3. The molecule has 0 aromatic carbocycles. The number of carbonyl (C=O) groups is 3. The van der Waals surface area contributed by atoms with Crippen LogP contribution in [0.3, 0.4) is 0 Å². The third-order valence-corrected chi connectivity index (χ3v) is 10.1. The zero-order valence-electron chi connectivity index (χ0n) is 30.2. The third-order valence-electron chi connectivity index (χ3n) is 10.1. The smallest absolute Gasteiger partial charge is 0.410 e. The second-order valence-electron chi connectivity index (χ2n) is 14.7. The van der Waals surface area contributed by atoms with Crippen LogP contribution in [0, 0.1) is 17.8 Å². The van der Waals surface area contributed by atoms with Crippen molar-refractivity contribution < 1.29 is 48.7 Å². The first kappa shape index (κ1) is 39.9. The van der Waals surface area contributed by atoms with Gasteiger partial charge in [-0.25, -0.2) is 4.79 Å². The topological polar surface area (TPSA) is 159 Å². The number of hydrogen-bond donors (Lipinski definition) is 3. The Labute approximate surface area is 286 Å². The number of esters is 2. The van der Waals surface area contributed by atoms with Gasteiger partial charge in [-0.2, -0.15) is 0 Å². The molecule has 0 radical (unpaired) electrons. The number of nitrogens with zero attached hydrogens (tertiary/aromatic N) is 2. The van der Waals surface area contributed by atoms with Crippen LogP contribution >= 0.6 is 0 Å². The number of likely N-dealkylation sites (N-methyl/N-ethyl adjacent to an activating group) is 1. The van der Waals surface area contributed by atoms with Gasteiger partial charge in [-0.1, -0.05) is 45.9 Å². The van der Waals surface area contributed by atoms with Crippen LogP contribution in [-0.4, -0.2) is 124 Å². The number of aliphatic hydroxyl groups excluding tert-OH is 2. The van der Waals surface area contributed by atoms with Gasteiger partial charge in [-0.05, 0) is 58.6 Å². The lowest BCUT2D eigenvalue weighted by Crippen LogP contribution is -2.52. The molecule has 1 amide bonds. The first-order chi connectivity index (χ1) is 22.4. The van der Waals surface area contributed by atoms with Crippen LogP contribution in [0.5, 0.6) is 0 Å². The highest BCUT2D eigenvalue weighted by molar-refractivity contribution is 5.70. The zero-order valence-corrected chi connectivity index (χ0v) is 30.2. The van der Waals surface area contributed by atoms with Crippen LogP contribution in [0.2, 0.25) is 0 Å². The molecular formula is C36H60N2O10. The zero-order chi connectivity index (χ0) is 35.8. The summed E-state index contributed by atoms with van der Waals surface area (Å²) < 4.78 is 23.5. The first-order valence-electron chi connectivity index (χ1n) is 17.6. The lowest BCUT2D eigenvalue weighted by molar-refractivity contribution is -0.159. The van der Waals surface area contributed by atoms with Gasteiger partial charge in [0, 0.05) is 51.4 Å². The van der Waals surface area contributed by atoms with E-state index >= 15 is 0 Å². The van der Waals surface area contributed by atoms with Crippen LogP contribution in [0.4, 0.5) is 4.79 Å². The van der Waals surface area contributed by atoms with Crippen molar-refractivity contribution in [2.24, 2.45) is 17.8 Å². The Morgan fingerprint density at radius 1 is 1.19 bits per heavy atom. The van der Waals surface area contributed by atoms with E-state index in [1.807, 2.05) is 46.9 Å². The van der Waals surface area contributed by atoms with Crippen LogP contribution in [0.1, 0.15) is 87.0 Å². The standard InChI is InChI=1S/C36H60N2O10/c1-9-28(41)25(4)33-29(46-33)22-35(6,44)15-10-11-23(2)32-24(3)12-13-30(45-26(5)39)36(7,16-14-27(40)21-31(42)47-32)48-34(43)38-19-17-37(8)18-20-38/h10,12-13,15,23-25,27-30,32-33,40-41,44H,9,11,14,16-22H2,1-8H3/b13-12+,15-10+/t23?,24-,25+,27+,28-,29+,30-,32+,33+,35?,36+/m0/s1. The fraction of sp³-hybridized carbons (Fsp3) is 0.806. The van der Waals surface area contributed by atoms with Gasteiger partial charge in [-0.3, -0.25) is 9.59 Å². The van der Waals surface area contributed by atoms with E-state index in [0.29, 0.717) is 45.4 Å². The van der Waals surface area contributed by atoms with Crippen molar-refractivity contribution in [1.82, 2.24) is 9.80 Å². The van der Waals surface area contributed by atoms with Crippen LogP contribution in [0.25, 0.3) is 0 Å². The van der Waals surface area contributed by atoms with Gasteiger partial charge in [0.2, 0.25) is 0 Å². The van der Waals surface area contributed by atoms with Crippen molar-refractivity contribution in [3.63, 3.8) is 0 Å². The maximum absolute atomic E-state index is 13.3. The number of allylic oxidation sites excluding steroid dienone is 1. The molecule has 3 rings (SSSR count). The number of carbonyl (C=O) groups excluding carboxylic acids is 3. The molecule has 274 valence electrons. The predicted octanol–water partition coefficient (Wildman–Crippen LogP) is 3.61. The molecule has 0 spiro atoms. The third kappa shape index (κ3) is 11.8. The number of epoxide rings is 1. The predicted molar refractivity (Wildman–Crippen MR) is 180 cm³/mol. The van der Waals surface area contributed by atoms with Crippen molar-refractivity contribution in [2.45, 2.75) is 135 Å². The molecule has 12 nitrogen and oxygen atoms in total. The van der Waals surface area contributed by atoms with Gasteiger partial charge in [-0.15, -0.1) is 0 Å². The summed E-state index contributed by atoms with van der Waals surface area (Å²) in [5.74, 6) is -1.61. The molecule has 12 heteroatoms. The number of aliphatic hydroxyl groups is 3. The molecular weight excluding hydrogens is 620 g/mol. The number of rotatable bonds is 11. The van der Waals surface area contributed by atoms with Crippen molar-refractivity contribution in [2.75, 3.05) is 33.2 Å².